The first kappa shape index (κ1) is 12.2. The fourth-order valence-corrected chi connectivity index (χ4v) is 2.54. The summed E-state index contributed by atoms with van der Waals surface area (Å²) in [6.45, 7) is 1.72. The molecule has 0 aromatic carbocycles. The number of nitrogens with one attached hydrogen (secondary N) is 1. The van der Waals surface area contributed by atoms with Crippen LogP contribution in [0.25, 0.3) is 0 Å². The van der Waals surface area contributed by atoms with Crippen LogP contribution < -0.4 is 5.56 Å². The van der Waals surface area contributed by atoms with Gasteiger partial charge in [-0.25, -0.2) is 4.98 Å². The smallest absolute Gasteiger partial charge is 0.251 e. The third kappa shape index (κ3) is 3.59. The van der Waals surface area contributed by atoms with E-state index in [0.717, 1.165) is 25.9 Å². The Labute approximate surface area is 104 Å². The van der Waals surface area contributed by atoms with E-state index < -0.39 is 0 Å². The van der Waals surface area contributed by atoms with Crippen LogP contribution >= 0.6 is 11.8 Å². The molecule has 0 spiro atoms. The first-order valence-corrected chi connectivity index (χ1v) is 6.70. The second-order valence-electron chi connectivity index (χ2n) is 3.97. The molecule has 1 fully saturated rings. The van der Waals surface area contributed by atoms with Crippen molar-refractivity contribution >= 4 is 17.7 Å². The summed E-state index contributed by atoms with van der Waals surface area (Å²) in [5, 5.41) is 0.503. The van der Waals surface area contributed by atoms with Gasteiger partial charge in [-0.1, -0.05) is 11.8 Å². The molecule has 0 saturated carbocycles. The highest BCUT2D eigenvalue weighted by atomic mass is 32.2. The molecule has 0 unspecified atom stereocenters. The molecule has 5 nitrogen and oxygen atoms in total. The Morgan fingerprint density at radius 1 is 1.41 bits per heavy atom. The lowest BCUT2D eigenvalue weighted by molar-refractivity contribution is -0.129. The van der Waals surface area contributed by atoms with Gasteiger partial charge in [-0.2, -0.15) is 0 Å². The predicted octanol–water partition coefficient (Wildman–Crippen LogP) is 0.875. The highest BCUT2D eigenvalue weighted by Crippen LogP contribution is 2.14. The molecule has 1 amide bonds. The number of likely N-dealkylation sites (tertiary alicyclic amines) is 1. The minimum absolute atomic E-state index is 0.126. The van der Waals surface area contributed by atoms with Gasteiger partial charge in [0, 0.05) is 25.4 Å². The van der Waals surface area contributed by atoms with Crippen LogP contribution in [0.2, 0.25) is 0 Å². The highest BCUT2D eigenvalue weighted by Gasteiger charge is 2.16. The molecule has 2 heterocycles. The number of aromatic nitrogens is 2. The largest absolute Gasteiger partial charge is 0.342 e. The zero-order valence-electron chi connectivity index (χ0n) is 9.52. The Balaban J connectivity index is 1.85. The van der Waals surface area contributed by atoms with Crippen molar-refractivity contribution < 1.29 is 4.79 Å². The number of piperidine rings is 1. The molecule has 92 valence electrons. The predicted molar refractivity (Wildman–Crippen MR) is 66.0 cm³/mol. The summed E-state index contributed by atoms with van der Waals surface area (Å²) in [6.07, 6.45) is 4.85. The first-order chi connectivity index (χ1) is 8.25. The molecule has 1 N–H and O–H groups in total. The Morgan fingerprint density at radius 2 is 2.18 bits per heavy atom. The van der Waals surface area contributed by atoms with E-state index in [9.17, 15) is 9.59 Å². The van der Waals surface area contributed by atoms with Crippen molar-refractivity contribution in [1.82, 2.24) is 14.9 Å². The zero-order chi connectivity index (χ0) is 12.1. The molecule has 6 heteroatoms. The number of carbonyl (C=O) groups is 1. The van der Waals surface area contributed by atoms with Crippen molar-refractivity contribution in [2.24, 2.45) is 0 Å². The molecule has 1 aliphatic heterocycles. The topological polar surface area (TPSA) is 66.1 Å². The van der Waals surface area contributed by atoms with E-state index in [1.54, 1.807) is 0 Å². The van der Waals surface area contributed by atoms with Gasteiger partial charge in [0.05, 0.1) is 5.75 Å². The van der Waals surface area contributed by atoms with Crippen molar-refractivity contribution in [3.05, 3.63) is 22.6 Å². The third-order valence-corrected chi connectivity index (χ3v) is 3.56. The Bertz CT molecular complexity index is 440. The number of rotatable bonds is 3. The standard InChI is InChI=1S/C11H15N3O2S/c15-9-4-5-12-11(13-9)17-8-10(16)14-6-2-1-3-7-14/h4-5H,1-3,6-8H2,(H,12,13,15). The number of amides is 1. The number of carbonyl (C=O) groups excluding carboxylic acids is 1. The summed E-state index contributed by atoms with van der Waals surface area (Å²) in [5.41, 5.74) is -0.187. The van der Waals surface area contributed by atoms with E-state index in [1.165, 1.54) is 30.4 Å². The monoisotopic (exact) mass is 253 g/mol. The van der Waals surface area contributed by atoms with Gasteiger partial charge in [0.2, 0.25) is 5.91 Å². The zero-order valence-corrected chi connectivity index (χ0v) is 10.3. The van der Waals surface area contributed by atoms with Gasteiger partial charge in [0.1, 0.15) is 0 Å². The van der Waals surface area contributed by atoms with Gasteiger partial charge in [-0.05, 0) is 19.3 Å². The lowest BCUT2D eigenvalue weighted by Gasteiger charge is -2.26. The minimum atomic E-state index is -0.187. The Hall–Kier alpha value is -1.30. The maximum atomic E-state index is 11.8. The van der Waals surface area contributed by atoms with Crippen LogP contribution in [0, 0.1) is 0 Å². The molecule has 1 aromatic heterocycles. The molecule has 2 rings (SSSR count). The summed E-state index contributed by atoms with van der Waals surface area (Å²) in [6, 6.07) is 1.36. The van der Waals surface area contributed by atoms with Crippen LogP contribution in [0.5, 0.6) is 0 Å². The number of thioether (sulfide) groups is 1. The second-order valence-corrected chi connectivity index (χ2v) is 4.93. The summed E-state index contributed by atoms with van der Waals surface area (Å²) >= 11 is 1.28. The van der Waals surface area contributed by atoms with Crippen molar-refractivity contribution in [1.29, 1.82) is 0 Å². The summed E-state index contributed by atoms with van der Waals surface area (Å²) in [7, 11) is 0. The van der Waals surface area contributed by atoms with Crippen LogP contribution in [-0.4, -0.2) is 39.6 Å². The van der Waals surface area contributed by atoms with Crippen LogP contribution in [0.1, 0.15) is 19.3 Å². The fraction of sp³-hybridized carbons (Fsp3) is 0.545. The van der Waals surface area contributed by atoms with Crippen LogP contribution in [0.15, 0.2) is 22.2 Å². The first-order valence-electron chi connectivity index (χ1n) is 5.71. The van der Waals surface area contributed by atoms with Crippen molar-refractivity contribution in [3.63, 3.8) is 0 Å². The lowest BCUT2D eigenvalue weighted by Crippen LogP contribution is -2.36. The van der Waals surface area contributed by atoms with E-state index in [2.05, 4.69) is 9.97 Å². The van der Waals surface area contributed by atoms with E-state index in [1.807, 2.05) is 4.90 Å². The highest BCUT2D eigenvalue weighted by molar-refractivity contribution is 7.99. The van der Waals surface area contributed by atoms with E-state index in [-0.39, 0.29) is 11.5 Å². The van der Waals surface area contributed by atoms with Gasteiger partial charge in [-0.3, -0.25) is 9.59 Å². The van der Waals surface area contributed by atoms with Gasteiger partial charge < -0.3 is 9.88 Å². The lowest BCUT2D eigenvalue weighted by atomic mass is 10.1. The summed E-state index contributed by atoms with van der Waals surface area (Å²) < 4.78 is 0. The fourth-order valence-electron chi connectivity index (χ4n) is 1.79. The molecule has 0 aliphatic carbocycles. The molecule has 1 aliphatic rings. The average Bonchev–Trinajstić information content (AvgIpc) is 2.37. The quantitative estimate of drug-likeness (QED) is 0.641. The number of hydrogen-bond donors (Lipinski definition) is 1. The molecule has 17 heavy (non-hydrogen) atoms. The number of H-pyrrole nitrogens is 1. The number of aromatic amines is 1. The maximum absolute atomic E-state index is 11.8. The number of nitrogens with zero attached hydrogens (tertiary/aromatic N) is 2. The van der Waals surface area contributed by atoms with E-state index in [0.29, 0.717) is 10.9 Å². The SMILES string of the molecule is O=C(CSc1nccc(=O)[nH]1)N1CCCCC1. The van der Waals surface area contributed by atoms with E-state index in [4.69, 9.17) is 0 Å². The van der Waals surface area contributed by atoms with Gasteiger partial charge in [-0.15, -0.1) is 0 Å². The normalized spacial score (nSPS) is 15.9. The van der Waals surface area contributed by atoms with Crippen molar-refractivity contribution in [2.45, 2.75) is 24.4 Å². The third-order valence-electron chi connectivity index (χ3n) is 2.69. The van der Waals surface area contributed by atoms with Crippen molar-refractivity contribution in [3.8, 4) is 0 Å². The molecule has 0 bridgehead atoms. The molecule has 0 atom stereocenters. The molecular formula is C11H15N3O2S. The van der Waals surface area contributed by atoms with Crippen LogP contribution in [-0.2, 0) is 4.79 Å². The maximum Gasteiger partial charge on any atom is 0.251 e. The molecular weight excluding hydrogens is 238 g/mol. The van der Waals surface area contributed by atoms with Crippen LogP contribution in [0.4, 0.5) is 0 Å². The Kier molecular flexibility index (Phi) is 4.19. The minimum Gasteiger partial charge on any atom is -0.342 e. The summed E-state index contributed by atoms with van der Waals surface area (Å²) in [5.74, 6) is 0.466. The average molecular weight is 253 g/mol. The Morgan fingerprint density at radius 3 is 2.88 bits per heavy atom. The second kappa shape index (κ2) is 5.86. The molecule has 0 radical (unpaired) electrons. The van der Waals surface area contributed by atoms with Gasteiger partial charge in [0.25, 0.3) is 5.56 Å². The van der Waals surface area contributed by atoms with E-state index >= 15 is 0 Å². The molecule has 1 saturated heterocycles. The van der Waals surface area contributed by atoms with Gasteiger partial charge in [0.15, 0.2) is 5.16 Å². The number of hydrogen-bond acceptors (Lipinski definition) is 4. The van der Waals surface area contributed by atoms with Gasteiger partial charge >= 0.3 is 0 Å². The van der Waals surface area contributed by atoms with Crippen LogP contribution in [0.3, 0.4) is 0 Å². The molecule has 1 aromatic rings. The van der Waals surface area contributed by atoms with Crippen molar-refractivity contribution in [2.75, 3.05) is 18.8 Å². The summed E-state index contributed by atoms with van der Waals surface area (Å²) in [4.78, 5) is 31.3.